The van der Waals surface area contributed by atoms with Crippen molar-refractivity contribution in [3.63, 3.8) is 0 Å². The van der Waals surface area contributed by atoms with Crippen molar-refractivity contribution in [2.24, 2.45) is 0 Å². The minimum Gasteiger partial charge on any atom is -0.646 e. The highest BCUT2D eigenvalue weighted by Gasteiger charge is 2.31. The second kappa shape index (κ2) is 5.56. The highest BCUT2D eigenvalue weighted by Crippen LogP contribution is 2.48. The Labute approximate surface area is 137 Å². The number of fused-ring (bicyclic) bond motifs is 1. The van der Waals surface area contributed by atoms with E-state index in [0.29, 0.717) is 0 Å². The van der Waals surface area contributed by atoms with Crippen LogP contribution in [0.25, 0.3) is 9.39 Å². The van der Waals surface area contributed by atoms with E-state index in [2.05, 4.69) is 31.9 Å². The number of halogens is 2. The van der Waals surface area contributed by atoms with Crippen molar-refractivity contribution in [3.8, 4) is 5.75 Å². The van der Waals surface area contributed by atoms with Gasteiger partial charge in [0.05, 0.1) is 11.6 Å². The van der Waals surface area contributed by atoms with Crippen LogP contribution in [0.15, 0.2) is 51.8 Å². The highest BCUT2D eigenvalue weighted by atomic mass is 79.9. The van der Waals surface area contributed by atoms with Gasteiger partial charge in [0.15, 0.2) is 0 Å². The molecule has 20 heavy (non-hydrogen) atoms. The summed E-state index contributed by atoms with van der Waals surface area (Å²) in [5, 5.41) is 0. The predicted octanol–water partition coefficient (Wildman–Crippen LogP) is 4.53. The molecule has 0 saturated carbocycles. The molecule has 5 heteroatoms. The number of ether oxygens (including phenoxy) is 1. The van der Waals surface area contributed by atoms with E-state index in [1.165, 1.54) is 0 Å². The van der Waals surface area contributed by atoms with E-state index in [1.54, 1.807) is 7.11 Å². The molecule has 1 radical (unpaired) electrons. The third-order valence-corrected chi connectivity index (χ3v) is 6.54. The van der Waals surface area contributed by atoms with Crippen molar-refractivity contribution in [1.82, 2.24) is 0 Å². The van der Waals surface area contributed by atoms with Gasteiger partial charge in [0, 0.05) is 21.7 Å². The van der Waals surface area contributed by atoms with Gasteiger partial charge in [-0.15, -0.1) is 11.2 Å². The number of hydrogen-bond acceptors (Lipinski definition) is 2. The van der Waals surface area contributed by atoms with Gasteiger partial charge in [0.1, 0.15) is 15.6 Å². The molecule has 0 N–H and O–H groups in total. The van der Waals surface area contributed by atoms with Gasteiger partial charge >= 0.3 is 0 Å². The molecule has 1 aliphatic heterocycles. The van der Waals surface area contributed by atoms with Gasteiger partial charge in [-0.05, 0) is 52.3 Å². The summed E-state index contributed by atoms with van der Waals surface area (Å²) in [6, 6.07) is 13.5. The van der Waals surface area contributed by atoms with Crippen molar-refractivity contribution in [2.75, 3.05) is 7.11 Å². The molecular weight excluding hydrogens is 404 g/mol. The molecule has 1 unspecified atom stereocenters. The van der Waals surface area contributed by atoms with Crippen LogP contribution in [-0.4, -0.2) is 11.7 Å². The molecule has 2 aromatic carbocycles. The van der Waals surface area contributed by atoms with Crippen LogP contribution in [0.1, 0.15) is 11.1 Å². The summed E-state index contributed by atoms with van der Waals surface area (Å²) in [5.41, 5.74) is 1.95. The summed E-state index contributed by atoms with van der Waals surface area (Å²) in [6.45, 7) is 0. The summed E-state index contributed by atoms with van der Waals surface area (Å²) in [6.07, 6.45) is 0. The van der Waals surface area contributed by atoms with Crippen LogP contribution in [0.2, 0.25) is 0 Å². The molecule has 0 amide bonds. The first-order valence-electron chi connectivity index (χ1n) is 5.93. The van der Waals surface area contributed by atoms with Crippen LogP contribution < -0.4 is 4.74 Å². The largest absolute Gasteiger partial charge is 0.646 e. The number of benzene rings is 2. The third-order valence-electron chi connectivity index (χ3n) is 3.19. The first-order valence-corrected chi connectivity index (χ1v) is 8.78. The molecule has 3 rings (SSSR count). The van der Waals surface area contributed by atoms with Crippen molar-refractivity contribution in [1.29, 1.82) is 0 Å². The van der Waals surface area contributed by atoms with Gasteiger partial charge in [-0.1, -0.05) is 15.9 Å². The Morgan fingerprint density at radius 1 is 1.05 bits per heavy atom. The Hall–Kier alpha value is -0.750. The summed E-state index contributed by atoms with van der Waals surface area (Å²) < 4.78 is 19.9. The van der Waals surface area contributed by atoms with Crippen molar-refractivity contribution >= 4 is 52.4 Å². The fourth-order valence-corrected chi connectivity index (χ4v) is 5.23. The zero-order chi connectivity index (χ0) is 14.3. The fourth-order valence-electron chi connectivity index (χ4n) is 2.18. The van der Waals surface area contributed by atoms with Gasteiger partial charge < -0.3 is 9.29 Å². The first kappa shape index (κ1) is 14.2. The molecule has 1 aliphatic rings. The van der Waals surface area contributed by atoms with E-state index in [0.717, 1.165) is 35.6 Å². The predicted molar refractivity (Wildman–Crippen MR) is 90.7 cm³/mol. The maximum absolute atomic E-state index is 12.8. The van der Waals surface area contributed by atoms with Crippen LogP contribution in [-0.2, 0) is 11.2 Å². The maximum atomic E-state index is 12.8. The number of thiol groups is 1. The normalized spacial score (nSPS) is 17.3. The lowest BCUT2D eigenvalue weighted by molar-refractivity contribution is 0.413. The Kier molecular flexibility index (Phi) is 3.95. The minimum atomic E-state index is -1.60. The summed E-state index contributed by atoms with van der Waals surface area (Å²) in [5.74, 6) is 0.726. The van der Waals surface area contributed by atoms with Crippen molar-refractivity contribution < 1.29 is 9.29 Å². The Morgan fingerprint density at radius 2 is 1.75 bits per heavy atom. The molecule has 1 atom stereocenters. The lowest BCUT2D eigenvalue weighted by atomic mass is 10.1. The van der Waals surface area contributed by atoms with Crippen LogP contribution in [0.4, 0.5) is 0 Å². The first-order chi connectivity index (χ1) is 9.61. The molecule has 2 aromatic rings. The smallest absolute Gasteiger partial charge is 0.136 e. The quantitative estimate of drug-likeness (QED) is 0.534. The SMILES string of the molecule is COc1ccc2c(c1)[SH+]([O-])C(c1ccc(Br)cc1)=C2Br. The van der Waals surface area contributed by atoms with Crippen LogP contribution in [0.3, 0.4) is 0 Å². The minimum absolute atomic E-state index is 0.726. The zero-order valence-electron chi connectivity index (χ0n) is 10.6. The van der Waals surface area contributed by atoms with Gasteiger partial charge in [-0.3, -0.25) is 0 Å². The Bertz CT molecular complexity index is 696. The molecule has 0 fully saturated rings. The summed E-state index contributed by atoms with van der Waals surface area (Å²) in [4.78, 5) is 1.67. The van der Waals surface area contributed by atoms with E-state index < -0.39 is 11.2 Å². The third kappa shape index (κ3) is 2.33. The second-order valence-corrected chi connectivity index (χ2v) is 7.57. The molecule has 103 valence electrons. The molecule has 0 aliphatic carbocycles. The molecule has 0 aromatic heterocycles. The molecule has 0 spiro atoms. The molecular formula is C15H11Br2O2S. The van der Waals surface area contributed by atoms with E-state index >= 15 is 0 Å². The van der Waals surface area contributed by atoms with Crippen molar-refractivity contribution in [3.05, 3.63) is 58.1 Å². The average Bonchev–Trinajstić information content (AvgIpc) is 2.72. The second-order valence-electron chi connectivity index (χ2n) is 4.35. The number of hydrogen-bond donors (Lipinski definition) is 0. The van der Waals surface area contributed by atoms with Crippen LogP contribution in [0.5, 0.6) is 5.75 Å². The van der Waals surface area contributed by atoms with E-state index in [1.807, 2.05) is 42.5 Å². The Balaban J connectivity index is 2.10. The van der Waals surface area contributed by atoms with Gasteiger partial charge in [0.2, 0.25) is 0 Å². The van der Waals surface area contributed by atoms with Gasteiger partial charge in [0.25, 0.3) is 0 Å². The lowest BCUT2D eigenvalue weighted by Crippen LogP contribution is -2.00. The molecule has 0 saturated heterocycles. The maximum Gasteiger partial charge on any atom is 0.136 e. The van der Waals surface area contributed by atoms with E-state index in [9.17, 15) is 4.55 Å². The summed E-state index contributed by atoms with van der Waals surface area (Å²) in [7, 11) is 1.61. The van der Waals surface area contributed by atoms with Crippen LogP contribution >= 0.6 is 31.9 Å². The number of methoxy groups -OCH3 is 1. The molecule has 0 bridgehead atoms. The van der Waals surface area contributed by atoms with E-state index in [-0.39, 0.29) is 0 Å². The standard InChI is InChI=1S/C15H11Br2O2S/c1-19-11-6-7-12-13(8-11)20(18)15(14(12)17)9-2-4-10(16)5-3-9/h2-8,20H,1H3. The fraction of sp³-hybridized carbons (Fsp3) is 0.0667. The van der Waals surface area contributed by atoms with E-state index in [4.69, 9.17) is 4.74 Å². The highest BCUT2D eigenvalue weighted by molar-refractivity contribution is 9.15. The molecule has 1 heterocycles. The topological polar surface area (TPSA) is 32.3 Å². The van der Waals surface area contributed by atoms with Crippen LogP contribution in [0, 0.1) is 0 Å². The zero-order valence-corrected chi connectivity index (χ0v) is 14.6. The lowest BCUT2D eigenvalue weighted by Gasteiger charge is -2.16. The number of rotatable bonds is 2. The van der Waals surface area contributed by atoms with Gasteiger partial charge in [-0.25, -0.2) is 0 Å². The molecule has 2 nitrogen and oxygen atoms in total. The monoisotopic (exact) mass is 413 g/mol. The Morgan fingerprint density at radius 3 is 2.40 bits per heavy atom. The van der Waals surface area contributed by atoms with Gasteiger partial charge in [-0.2, -0.15) is 0 Å². The summed E-state index contributed by atoms with van der Waals surface area (Å²) >= 11 is 5.40. The average molecular weight is 415 g/mol. The van der Waals surface area contributed by atoms with Crippen molar-refractivity contribution in [2.45, 2.75) is 4.90 Å².